The molecule has 1 aromatic carbocycles. The molecule has 0 bridgehead atoms. The summed E-state index contributed by atoms with van der Waals surface area (Å²) in [7, 11) is 0. The van der Waals surface area contributed by atoms with E-state index < -0.39 is 23.7 Å². The average Bonchev–Trinajstić information content (AvgIpc) is 2.25. The Balaban J connectivity index is 2.71. The first-order valence-corrected chi connectivity index (χ1v) is 6.17. The van der Waals surface area contributed by atoms with Crippen LogP contribution >= 0.6 is 0 Å². The van der Waals surface area contributed by atoms with Crippen LogP contribution in [0.1, 0.15) is 26.3 Å². The van der Waals surface area contributed by atoms with E-state index in [-0.39, 0.29) is 12.2 Å². The summed E-state index contributed by atoms with van der Waals surface area (Å²) in [5.74, 6) is -1.12. The number of carbonyl (C=O) groups is 2. The number of carboxylic acids is 1. The molecule has 1 rings (SSSR count). The molecule has 0 aliphatic carbocycles. The zero-order valence-electron chi connectivity index (χ0n) is 11.7. The second-order valence-corrected chi connectivity index (χ2v) is 5.41. The Morgan fingerprint density at radius 1 is 1.35 bits per heavy atom. The largest absolute Gasteiger partial charge is 0.508 e. The van der Waals surface area contributed by atoms with Gasteiger partial charge in [0.05, 0.1) is 0 Å². The van der Waals surface area contributed by atoms with Crippen LogP contribution in [0.15, 0.2) is 24.3 Å². The summed E-state index contributed by atoms with van der Waals surface area (Å²) in [6, 6.07) is 5.10. The third kappa shape index (κ3) is 5.60. The van der Waals surface area contributed by atoms with Crippen molar-refractivity contribution in [1.29, 1.82) is 0 Å². The maximum absolute atomic E-state index is 11.6. The van der Waals surface area contributed by atoms with Crippen molar-refractivity contribution in [3.05, 3.63) is 29.8 Å². The Hall–Kier alpha value is -2.24. The summed E-state index contributed by atoms with van der Waals surface area (Å²) in [4.78, 5) is 22.7. The lowest BCUT2D eigenvalue weighted by atomic mass is 10.1. The standard InChI is InChI=1S/C14H19NO5/c1-14(2,3)20-13(19)15-11(12(17)18)8-9-5-4-6-10(16)7-9/h4-7,11,16H,8H2,1-3H3,(H,15,19)(H,17,18)/t11-/m0/s1. The summed E-state index contributed by atoms with van der Waals surface area (Å²) in [6.07, 6.45) is -0.728. The number of aliphatic carboxylic acids is 1. The molecule has 20 heavy (non-hydrogen) atoms. The van der Waals surface area contributed by atoms with Gasteiger partial charge in [-0.3, -0.25) is 0 Å². The van der Waals surface area contributed by atoms with Gasteiger partial charge in [0.2, 0.25) is 0 Å². The molecule has 0 unspecified atom stereocenters. The van der Waals surface area contributed by atoms with E-state index in [0.29, 0.717) is 5.56 Å². The molecular weight excluding hydrogens is 262 g/mol. The number of hydrogen-bond donors (Lipinski definition) is 3. The van der Waals surface area contributed by atoms with Crippen molar-refractivity contribution in [2.24, 2.45) is 0 Å². The number of aromatic hydroxyl groups is 1. The Kier molecular flexibility index (Phi) is 4.96. The van der Waals surface area contributed by atoms with Gasteiger partial charge >= 0.3 is 12.1 Å². The molecule has 0 radical (unpaired) electrons. The van der Waals surface area contributed by atoms with E-state index in [1.807, 2.05) is 0 Å². The molecular formula is C14H19NO5. The molecule has 3 N–H and O–H groups in total. The van der Waals surface area contributed by atoms with Crippen molar-refractivity contribution >= 4 is 12.1 Å². The fraction of sp³-hybridized carbons (Fsp3) is 0.429. The van der Waals surface area contributed by atoms with Gasteiger partial charge in [-0.1, -0.05) is 12.1 Å². The molecule has 0 saturated carbocycles. The van der Waals surface area contributed by atoms with Crippen LogP contribution in [0, 0.1) is 0 Å². The Morgan fingerprint density at radius 2 is 2.00 bits per heavy atom. The Morgan fingerprint density at radius 3 is 2.50 bits per heavy atom. The van der Waals surface area contributed by atoms with Crippen molar-refractivity contribution in [3.63, 3.8) is 0 Å². The highest BCUT2D eigenvalue weighted by molar-refractivity contribution is 5.80. The number of rotatable bonds is 4. The average molecular weight is 281 g/mol. The number of ether oxygens (including phenoxy) is 1. The minimum Gasteiger partial charge on any atom is -0.508 e. The molecule has 0 aliphatic rings. The Bertz CT molecular complexity index is 493. The Labute approximate surface area is 117 Å². The highest BCUT2D eigenvalue weighted by atomic mass is 16.6. The summed E-state index contributed by atoms with van der Waals surface area (Å²) in [5, 5.41) is 20.8. The summed E-state index contributed by atoms with van der Waals surface area (Å²) in [5.41, 5.74) is -0.0912. The highest BCUT2D eigenvalue weighted by Gasteiger charge is 2.24. The van der Waals surface area contributed by atoms with E-state index in [4.69, 9.17) is 9.84 Å². The quantitative estimate of drug-likeness (QED) is 0.783. The van der Waals surface area contributed by atoms with Crippen LogP contribution in [0.25, 0.3) is 0 Å². The molecule has 0 saturated heterocycles. The molecule has 0 heterocycles. The molecule has 6 nitrogen and oxygen atoms in total. The van der Waals surface area contributed by atoms with Crippen molar-refractivity contribution < 1.29 is 24.5 Å². The number of phenols is 1. The smallest absolute Gasteiger partial charge is 0.408 e. The lowest BCUT2D eigenvalue weighted by Crippen LogP contribution is -2.44. The molecule has 1 aromatic rings. The van der Waals surface area contributed by atoms with Gasteiger partial charge in [-0.2, -0.15) is 0 Å². The van der Waals surface area contributed by atoms with Gasteiger partial charge < -0.3 is 20.3 Å². The van der Waals surface area contributed by atoms with Crippen LogP contribution in [-0.4, -0.2) is 33.9 Å². The monoisotopic (exact) mass is 281 g/mol. The van der Waals surface area contributed by atoms with E-state index in [1.165, 1.54) is 12.1 Å². The zero-order chi connectivity index (χ0) is 15.3. The van der Waals surface area contributed by atoms with Gasteiger partial charge in [-0.25, -0.2) is 9.59 Å². The molecule has 0 aromatic heterocycles. The fourth-order valence-corrected chi connectivity index (χ4v) is 1.57. The first-order valence-electron chi connectivity index (χ1n) is 6.17. The number of amides is 1. The van der Waals surface area contributed by atoms with Gasteiger partial charge in [0, 0.05) is 6.42 Å². The van der Waals surface area contributed by atoms with Gasteiger partial charge in [-0.05, 0) is 38.5 Å². The maximum Gasteiger partial charge on any atom is 0.408 e. The minimum atomic E-state index is -1.17. The van der Waals surface area contributed by atoms with Gasteiger partial charge in [0.15, 0.2) is 0 Å². The number of benzene rings is 1. The number of hydrogen-bond acceptors (Lipinski definition) is 4. The number of carbonyl (C=O) groups excluding carboxylic acids is 1. The summed E-state index contributed by atoms with van der Waals surface area (Å²) in [6.45, 7) is 5.08. The van der Waals surface area contributed by atoms with Crippen molar-refractivity contribution in [1.82, 2.24) is 5.32 Å². The molecule has 1 atom stereocenters. The molecule has 110 valence electrons. The van der Waals surface area contributed by atoms with Crippen LogP contribution in [0.5, 0.6) is 5.75 Å². The molecule has 0 aliphatic heterocycles. The fourth-order valence-electron chi connectivity index (χ4n) is 1.57. The van der Waals surface area contributed by atoms with E-state index >= 15 is 0 Å². The highest BCUT2D eigenvalue weighted by Crippen LogP contribution is 2.13. The minimum absolute atomic E-state index is 0.0453. The summed E-state index contributed by atoms with van der Waals surface area (Å²) >= 11 is 0. The van der Waals surface area contributed by atoms with Crippen LogP contribution in [0.2, 0.25) is 0 Å². The predicted octanol–water partition coefficient (Wildman–Crippen LogP) is 1.91. The van der Waals surface area contributed by atoms with Crippen LogP contribution in [0.4, 0.5) is 4.79 Å². The lowest BCUT2D eigenvalue weighted by molar-refractivity contribution is -0.139. The zero-order valence-corrected chi connectivity index (χ0v) is 11.7. The number of nitrogens with one attached hydrogen (secondary N) is 1. The first kappa shape index (κ1) is 15.8. The van der Waals surface area contributed by atoms with Crippen molar-refractivity contribution in [2.45, 2.75) is 38.8 Å². The van der Waals surface area contributed by atoms with Crippen LogP contribution in [0.3, 0.4) is 0 Å². The SMILES string of the molecule is CC(C)(C)OC(=O)N[C@@H](Cc1cccc(O)c1)C(=O)O. The van der Waals surface area contributed by atoms with Crippen molar-refractivity contribution in [3.8, 4) is 5.75 Å². The van der Waals surface area contributed by atoms with E-state index in [9.17, 15) is 14.7 Å². The lowest BCUT2D eigenvalue weighted by Gasteiger charge is -2.22. The number of carboxylic acid groups (broad SMARTS) is 1. The normalized spacial score (nSPS) is 12.6. The van der Waals surface area contributed by atoms with Crippen LogP contribution < -0.4 is 5.32 Å². The molecule has 1 amide bonds. The second kappa shape index (κ2) is 6.27. The number of phenolic OH excluding ortho intramolecular Hbond substituents is 1. The topological polar surface area (TPSA) is 95.9 Å². The van der Waals surface area contributed by atoms with Gasteiger partial charge in [0.25, 0.3) is 0 Å². The van der Waals surface area contributed by atoms with Crippen LogP contribution in [-0.2, 0) is 16.0 Å². The van der Waals surface area contributed by atoms with E-state index in [0.717, 1.165) is 0 Å². The molecule has 0 spiro atoms. The summed E-state index contributed by atoms with van der Waals surface area (Å²) < 4.78 is 5.02. The van der Waals surface area contributed by atoms with Gasteiger partial charge in [0.1, 0.15) is 17.4 Å². The van der Waals surface area contributed by atoms with Gasteiger partial charge in [-0.15, -0.1) is 0 Å². The number of alkyl carbamates (subject to hydrolysis) is 1. The third-order valence-corrected chi connectivity index (χ3v) is 2.34. The predicted molar refractivity (Wildman–Crippen MR) is 72.6 cm³/mol. The third-order valence-electron chi connectivity index (χ3n) is 2.34. The maximum atomic E-state index is 11.6. The van der Waals surface area contributed by atoms with E-state index in [2.05, 4.69) is 5.32 Å². The van der Waals surface area contributed by atoms with Crippen molar-refractivity contribution in [2.75, 3.05) is 0 Å². The second-order valence-electron chi connectivity index (χ2n) is 5.41. The molecule has 0 fully saturated rings. The first-order chi connectivity index (χ1) is 9.17. The molecule has 6 heteroatoms. The van der Waals surface area contributed by atoms with E-state index in [1.54, 1.807) is 32.9 Å².